The third-order valence-corrected chi connectivity index (χ3v) is 2.24. The van der Waals surface area contributed by atoms with Crippen molar-refractivity contribution in [2.45, 2.75) is 12.0 Å². The van der Waals surface area contributed by atoms with E-state index in [-0.39, 0.29) is 11.8 Å². The lowest BCUT2D eigenvalue weighted by Crippen LogP contribution is -2.33. The molecule has 9 heavy (non-hydrogen) atoms. The minimum atomic E-state index is -0.967. The normalized spacial score (nSPS) is 12.0. The minimum absolute atomic E-state index is 0.142. The second kappa shape index (κ2) is 4.62. The molecule has 4 heteroatoms. The Bertz CT molecular complexity index is 72.6. The maximum Gasteiger partial charge on any atom is 0.0928 e. The number of hydrogen-bond acceptors (Lipinski definition) is 1. The van der Waals surface area contributed by atoms with Crippen LogP contribution < -0.4 is 0 Å². The van der Waals surface area contributed by atoms with Gasteiger partial charge in [0.15, 0.2) is 0 Å². The van der Waals surface area contributed by atoms with Gasteiger partial charge in [-0.3, -0.25) is 0 Å². The van der Waals surface area contributed by atoms with Crippen LogP contribution in [-0.2, 0) is 0 Å². The smallest absolute Gasteiger partial charge is 0.0928 e. The Balaban J connectivity index is 3.62. The minimum Gasteiger partial charge on any atom is -0.387 e. The van der Waals surface area contributed by atoms with E-state index in [1.807, 2.05) is 0 Å². The van der Waals surface area contributed by atoms with Gasteiger partial charge < -0.3 is 5.11 Å². The molecule has 0 saturated carbocycles. The molecule has 0 aliphatic carbocycles. The Morgan fingerprint density at radius 1 is 1.11 bits per heavy atom. The van der Waals surface area contributed by atoms with Crippen molar-refractivity contribution in [3.8, 4) is 0 Å². The SMILES string of the molecule is OC(CCl)(CCl)CCCl. The van der Waals surface area contributed by atoms with Gasteiger partial charge in [0.2, 0.25) is 0 Å². The molecule has 0 radical (unpaired) electrons. The van der Waals surface area contributed by atoms with Crippen molar-refractivity contribution in [1.29, 1.82) is 0 Å². The predicted octanol–water partition coefficient (Wildman–Crippen LogP) is 1.82. The van der Waals surface area contributed by atoms with Crippen LogP contribution in [0.2, 0.25) is 0 Å². The van der Waals surface area contributed by atoms with Crippen LogP contribution >= 0.6 is 34.8 Å². The molecule has 0 rings (SSSR count). The molecular formula is C5H9Cl3O. The molecule has 0 aromatic rings. The van der Waals surface area contributed by atoms with Gasteiger partial charge in [0, 0.05) is 5.88 Å². The molecule has 0 heterocycles. The molecule has 56 valence electrons. The first kappa shape index (κ1) is 9.83. The number of alkyl halides is 3. The van der Waals surface area contributed by atoms with Crippen LogP contribution in [0.1, 0.15) is 6.42 Å². The van der Waals surface area contributed by atoms with Crippen LogP contribution in [0.3, 0.4) is 0 Å². The van der Waals surface area contributed by atoms with E-state index < -0.39 is 5.60 Å². The summed E-state index contributed by atoms with van der Waals surface area (Å²) in [7, 11) is 0. The van der Waals surface area contributed by atoms with E-state index in [0.717, 1.165) is 0 Å². The van der Waals surface area contributed by atoms with Gasteiger partial charge >= 0.3 is 0 Å². The maximum absolute atomic E-state index is 9.28. The molecule has 1 N–H and O–H groups in total. The Kier molecular flexibility index (Phi) is 5.04. The molecule has 0 fully saturated rings. The van der Waals surface area contributed by atoms with Crippen molar-refractivity contribution >= 4 is 34.8 Å². The van der Waals surface area contributed by atoms with E-state index in [1.165, 1.54) is 0 Å². The molecule has 0 amide bonds. The molecule has 0 saturated heterocycles. The molecule has 0 aliphatic rings. The summed E-state index contributed by atoms with van der Waals surface area (Å²) in [6.07, 6.45) is 0.446. The van der Waals surface area contributed by atoms with Crippen LogP contribution in [0.5, 0.6) is 0 Å². The van der Waals surface area contributed by atoms with E-state index in [1.54, 1.807) is 0 Å². The van der Waals surface area contributed by atoms with Crippen LogP contribution in [0.15, 0.2) is 0 Å². The first-order chi connectivity index (χ1) is 4.18. The van der Waals surface area contributed by atoms with Gasteiger partial charge in [0.25, 0.3) is 0 Å². The van der Waals surface area contributed by atoms with Crippen LogP contribution in [0.25, 0.3) is 0 Å². The number of aliphatic hydroxyl groups is 1. The van der Waals surface area contributed by atoms with Gasteiger partial charge in [-0.25, -0.2) is 0 Å². The average molecular weight is 191 g/mol. The molecule has 0 aromatic heterocycles. The van der Waals surface area contributed by atoms with Gasteiger partial charge in [0.05, 0.1) is 17.4 Å². The molecule has 0 unspecified atom stereocenters. The van der Waals surface area contributed by atoms with E-state index >= 15 is 0 Å². The summed E-state index contributed by atoms with van der Waals surface area (Å²) in [5.74, 6) is 0.669. The Hall–Kier alpha value is 0.830. The first-order valence-corrected chi connectivity index (χ1v) is 4.19. The van der Waals surface area contributed by atoms with Gasteiger partial charge in [0.1, 0.15) is 0 Å². The van der Waals surface area contributed by atoms with Crippen molar-refractivity contribution in [3.05, 3.63) is 0 Å². The van der Waals surface area contributed by atoms with Crippen molar-refractivity contribution in [2.24, 2.45) is 0 Å². The van der Waals surface area contributed by atoms with Crippen LogP contribution in [0.4, 0.5) is 0 Å². The second-order valence-corrected chi connectivity index (χ2v) is 2.84. The third kappa shape index (κ3) is 3.51. The summed E-state index contributed by atoms with van der Waals surface area (Å²) in [5, 5.41) is 9.28. The number of hydrogen-bond donors (Lipinski definition) is 1. The van der Waals surface area contributed by atoms with Gasteiger partial charge in [-0.15, -0.1) is 34.8 Å². The second-order valence-electron chi connectivity index (χ2n) is 1.93. The number of rotatable bonds is 4. The van der Waals surface area contributed by atoms with Crippen molar-refractivity contribution in [2.75, 3.05) is 17.6 Å². The van der Waals surface area contributed by atoms with Crippen molar-refractivity contribution in [1.82, 2.24) is 0 Å². The van der Waals surface area contributed by atoms with Crippen LogP contribution in [-0.4, -0.2) is 28.3 Å². The molecule has 0 aromatic carbocycles. The van der Waals surface area contributed by atoms with Crippen molar-refractivity contribution in [3.63, 3.8) is 0 Å². The zero-order chi connectivity index (χ0) is 7.33. The average Bonchev–Trinajstić information content (AvgIpc) is 1.89. The number of halogens is 3. The van der Waals surface area contributed by atoms with E-state index in [0.29, 0.717) is 12.3 Å². The van der Waals surface area contributed by atoms with Gasteiger partial charge in [-0.1, -0.05) is 0 Å². The van der Waals surface area contributed by atoms with Crippen LogP contribution in [0, 0.1) is 0 Å². The topological polar surface area (TPSA) is 20.2 Å². The highest BCUT2D eigenvalue weighted by molar-refractivity contribution is 6.22. The fourth-order valence-electron chi connectivity index (χ4n) is 0.345. The van der Waals surface area contributed by atoms with E-state index in [2.05, 4.69) is 0 Å². The third-order valence-electron chi connectivity index (χ3n) is 1.06. The molecule has 0 bridgehead atoms. The maximum atomic E-state index is 9.28. The Morgan fingerprint density at radius 2 is 1.56 bits per heavy atom. The van der Waals surface area contributed by atoms with Gasteiger partial charge in [-0.2, -0.15) is 0 Å². The predicted molar refractivity (Wildman–Crippen MR) is 41.7 cm³/mol. The summed E-state index contributed by atoms with van der Waals surface area (Å²) in [6, 6.07) is 0. The summed E-state index contributed by atoms with van der Waals surface area (Å²) in [6.45, 7) is 0. The van der Waals surface area contributed by atoms with Crippen molar-refractivity contribution < 1.29 is 5.11 Å². The molecule has 0 spiro atoms. The fourth-order valence-corrected chi connectivity index (χ4v) is 1.25. The summed E-state index contributed by atoms with van der Waals surface area (Å²) in [4.78, 5) is 0. The zero-order valence-corrected chi connectivity index (χ0v) is 7.18. The summed E-state index contributed by atoms with van der Waals surface area (Å²) >= 11 is 16.2. The quantitative estimate of drug-likeness (QED) is 0.672. The molecule has 0 aliphatic heterocycles. The van der Waals surface area contributed by atoms with E-state index in [9.17, 15) is 5.11 Å². The lowest BCUT2D eigenvalue weighted by Gasteiger charge is -2.20. The zero-order valence-electron chi connectivity index (χ0n) is 4.91. The summed E-state index contributed by atoms with van der Waals surface area (Å²) in [5.41, 5.74) is -0.967. The lowest BCUT2D eigenvalue weighted by atomic mass is 10.1. The highest BCUT2D eigenvalue weighted by Crippen LogP contribution is 2.14. The Labute approximate surface area is 69.9 Å². The Morgan fingerprint density at radius 3 is 1.67 bits per heavy atom. The van der Waals surface area contributed by atoms with E-state index in [4.69, 9.17) is 34.8 Å². The monoisotopic (exact) mass is 190 g/mol. The lowest BCUT2D eigenvalue weighted by molar-refractivity contribution is 0.0847. The molecule has 0 atom stereocenters. The highest BCUT2D eigenvalue weighted by Gasteiger charge is 2.23. The molecular weight excluding hydrogens is 182 g/mol. The van der Waals surface area contributed by atoms with Gasteiger partial charge in [-0.05, 0) is 6.42 Å². The largest absolute Gasteiger partial charge is 0.387 e. The highest BCUT2D eigenvalue weighted by atomic mass is 35.5. The summed E-state index contributed by atoms with van der Waals surface area (Å²) < 4.78 is 0. The standard InChI is InChI=1S/C5H9Cl3O/c6-2-1-5(9,3-7)4-8/h9H,1-4H2. The fraction of sp³-hybridized carbons (Fsp3) is 1.00. The first-order valence-electron chi connectivity index (χ1n) is 2.59. The molecule has 1 nitrogen and oxygen atoms in total.